The number of nitrogens with zero attached hydrogens (tertiary/aromatic N) is 3. The van der Waals surface area contributed by atoms with Crippen molar-refractivity contribution in [2.45, 2.75) is 43.4 Å². The van der Waals surface area contributed by atoms with E-state index in [4.69, 9.17) is 4.74 Å². The Morgan fingerprint density at radius 3 is 2.67 bits per heavy atom. The third kappa shape index (κ3) is 3.59. The summed E-state index contributed by atoms with van der Waals surface area (Å²) in [6.45, 7) is 4.80. The molecule has 1 aromatic heterocycles. The van der Waals surface area contributed by atoms with Gasteiger partial charge in [0, 0.05) is 32.4 Å². The number of aromatic nitrogens is 1. The van der Waals surface area contributed by atoms with Crippen LogP contribution in [0.2, 0.25) is 0 Å². The summed E-state index contributed by atoms with van der Waals surface area (Å²) in [6, 6.07) is 12.8. The molecule has 27 heavy (non-hydrogen) atoms. The zero-order chi connectivity index (χ0) is 18.9. The molecule has 2 atom stereocenters. The lowest BCUT2D eigenvalue weighted by atomic mass is 10.1. The highest BCUT2D eigenvalue weighted by Gasteiger charge is 2.42. The first-order chi connectivity index (χ1) is 13.1. The van der Waals surface area contributed by atoms with Gasteiger partial charge in [-0.05, 0) is 37.1 Å². The number of pyridine rings is 1. The van der Waals surface area contributed by atoms with Gasteiger partial charge in [-0.1, -0.05) is 25.1 Å². The van der Waals surface area contributed by atoms with Crippen molar-refractivity contribution in [3.8, 4) is 5.75 Å². The van der Waals surface area contributed by atoms with Crippen LogP contribution in [0.4, 0.5) is 0 Å². The van der Waals surface area contributed by atoms with Gasteiger partial charge in [0.1, 0.15) is 16.7 Å². The molecule has 0 amide bonds. The average Bonchev–Trinajstić information content (AvgIpc) is 2.91. The first kappa shape index (κ1) is 18.4. The van der Waals surface area contributed by atoms with Crippen molar-refractivity contribution < 1.29 is 13.2 Å². The monoisotopic (exact) mass is 387 g/mol. The minimum absolute atomic E-state index is 0.142. The minimum atomic E-state index is -3.55. The molecule has 7 heteroatoms. The van der Waals surface area contributed by atoms with E-state index in [-0.39, 0.29) is 17.0 Å². The highest BCUT2D eigenvalue weighted by molar-refractivity contribution is 7.89. The summed E-state index contributed by atoms with van der Waals surface area (Å²) < 4.78 is 34.3. The fraction of sp³-hybridized carbons (Fsp3) is 0.450. The van der Waals surface area contributed by atoms with Crippen molar-refractivity contribution in [2.24, 2.45) is 0 Å². The fourth-order valence-electron chi connectivity index (χ4n) is 4.09. The number of para-hydroxylation sites is 1. The lowest BCUT2D eigenvalue weighted by Crippen LogP contribution is -2.46. The Kier molecular flexibility index (Phi) is 5.16. The third-order valence-corrected chi connectivity index (χ3v) is 7.45. The second-order valence-corrected chi connectivity index (χ2v) is 8.91. The number of hydrogen-bond donors (Lipinski definition) is 0. The molecule has 0 radical (unpaired) electrons. The highest BCUT2D eigenvalue weighted by Crippen LogP contribution is 2.36. The third-order valence-electron chi connectivity index (χ3n) is 5.41. The predicted molar refractivity (Wildman–Crippen MR) is 103 cm³/mol. The van der Waals surface area contributed by atoms with Gasteiger partial charge in [-0.2, -0.15) is 4.31 Å². The summed E-state index contributed by atoms with van der Waals surface area (Å²) in [5, 5.41) is 0. The molecule has 2 aliphatic heterocycles. The number of hydrogen-bond acceptors (Lipinski definition) is 5. The van der Waals surface area contributed by atoms with Crippen LogP contribution in [0.15, 0.2) is 53.6 Å². The van der Waals surface area contributed by atoms with Gasteiger partial charge in [0.05, 0.1) is 11.7 Å². The number of sulfonamides is 1. The van der Waals surface area contributed by atoms with E-state index in [1.807, 2.05) is 37.4 Å². The van der Waals surface area contributed by atoms with Crippen molar-refractivity contribution in [2.75, 3.05) is 19.6 Å². The maximum Gasteiger partial charge on any atom is 0.247 e. The SMILES string of the molecule is CCN1[C@H]2CCN(Cc3ccccn3)CC[C@@H]2Oc2ccccc2S1(=O)=O. The van der Waals surface area contributed by atoms with Crippen LogP contribution >= 0.6 is 0 Å². The molecule has 2 aliphatic rings. The molecular weight excluding hydrogens is 362 g/mol. The molecule has 1 saturated heterocycles. The maximum absolute atomic E-state index is 13.2. The average molecular weight is 388 g/mol. The zero-order valence-electron chi connectivity index (χ0n) is 15.5. The summed E-state index contributed by atoms with van der Waals surface area (Å²) in [7, 11) is -3.55. The molecule has 3 heterocycles. The van der Waals surface area contributed by atoms with E-state index in [9.17, 15) is 8.42 Å². The number of rotatable bonds is 3. The smallest absolute Gasteiger partial charge is 0.247 e. The Morgan fingerprint density at radius 1 is 1.11 bits per heavy atom. The molecule has 144 valence electrons. The van der Waals surface area contributed by atoms with Crippen molar-refractivity contribution >= 4 is 10.0 Å². The van der Waals surface area contributed by atoms with Gasteiger partial charge in [-0.3, -0.25) is 9.88 Å². The Balaban J connectivity index is 1.61. The summed E-state index contributed by atoms with van der Waals surface area (Å²) in [6.07, 6.45) is 3.20. The number of ether oxygens (including phenoxy) is 1. The van der Waals surface area contributed by atoms with E-state index in [2.05, 4.69) is 9.88 Å². The van der Waals surface area contributed by atoms with Crippen LogP contribution in [0.1, 0.15) is 25.5 Å². The van der Waals surface area contributed by atoms with Crippen LogP contribution in [0.5, 0.6) is 5.75 Å². The first-order valence-corrected chi connectivity index (χ1v) is 10.9. The Labute approximate surface area is 160 Å². The van der Waals surface area contributed by atoms with Crippen molar-refractivity contribution in [1.29, 1.82) is 0 Å². The Morgan fingerprint density at radius 2 is 1.89 bits per heavy atom. The summed E-state index contributed by atoms with van der Waals surface area (Å²) in [5.74, 6) is 0.474. The molecule has 0 bridgehead atoms. The molecule has 4 rings (SSSR count). The molecule has 6 nitrogen and oxygen atoms in total. The van der Waals surface area contributed by atoms with E-state index in [0.717, 1.165) is 38.2 Å². The van der Waals surface area contributed by atoms with E-state index in [1.54, 1.807) is 22.5 Å². The van der Waals surface area contributed by atoms with E-state index in [1.165, 1.54) is 0 Å². The molecule has 0 N–H and O–H groups in total. The van der Waals surface area contributed by atoms with Gasteiger partial charge in [0.25, 0.3) is 0 Å². The van der Waals surface area contributed by atoms with Crippen LogP contribution in [0.25, 0.3) is 0 Å². The zero-order valence-corrected chi connectivity index (χ0v) is 16.3. The topological polar surface area (TPSA) is 62.7 Å². The summed E-state index contributed by atoms with van der Waals surface area (Å²) >= 11 is 0. The number of fused-ring (bicyclic) bond motifs is 2. The van der Waals surface area contributed by atoms with Crippen LogP contribution < -0.4 is 4.74 Å². The molecule has 0 saturated carbocycles. The van der Waals surface area contributed by atoms with E-state index in [0.29, 0.717) is 12.3 Å². The van der Waals surface area contributed by atoms with Gasteiger partial charge in [0.15, 0.2) is 0 Å². The molecule has 0 unspecified atom stereocenters. The second-order valence-electron chi connectivity index (χ2n) is 7.05. The largest absolute Gasteiger partial charge is 0.487 e. The van der Waals surface area contributed by atoms with Gasteiger partial charge < -0.3 is 4.74 Å². The van der Waals surface area contributed by atoms with Crippen LogP contribution in [-0.4, -0.2) is 54.4 Å². The van der Waals surface area contributed by atoms with Crippen LogP contribution in [0.3, 0.4) is 0 Å². The van der Waals surface area contributed by atoms with Crippen LogP contribution in [0, 0.1) is 0 Å². The molecular formula is C20H25N3O3S. The standard InChI is InChI=1S/C20H25N3O3S/c1-2-23-17-10-13-22(15-16-7-5-6-12-21-16)14-11-18(17)26-19-8-3-4-9-20(19)27(23,24)25/h3-9,12,17-18H,2,10-11,13-15H2,1H3/t17-,18-/m0/s1. The predicted octanol–water partition coefficient (Wildman–Crippen LogP) is 2.52. The summed E-state index contributed by atoms with van der Waals surface area (Å²) in [5.41, 5.74) is 1.03. The van der Waals surface area contributed by atoms with Crippen molar-refractivity contribution in [1.82, 2.24) is 14.2 Å². The van der Waals surface area contributed by atoms with Gasteiger partial charge in [0.2, 0.25) is 10.0 Å². The van der Waals surface area contributed by atoms with E-state index >= 15 is 0 Å². The van der Waals surface area contributed by atoms with Gasteiger partial charge in [-0.25, -0.2) is 8.42 Å². The lowest BCUT2D eigenvalue weighted by Gasteiger charge is -2.30. The molecule has 1 fully saturated rings. The normalized spacial score (nSPS) is 25.5. The van der Waals surface area contributed by atoms with Gasteiger partial charge >= 0.3 is 0 Å². The molecule has 0 aliphatic carbocycles. The van der Waals surface area contributed by atoms with Crippen LogP contribution in [-0.2, 0) is 16.6 Å². The summed E-state index contributed by atoms with van der Waals surface area (Å²) in [4.78, 5) is 7.04. The number of likely N-dealkylation sites (N-methyl/N-ethyl adjacent to an activating group) is 1. The van der Waals surface area contributed by atoms with Crippen molar-refractivity contribution in [3.05, 3.63) is 54.4 Å². The fourth-order valence-corrected chi connectivity index (χ4v) is 5.90. The quantitative estimate of drug-likeness (QED) is 0.810. The Hall–Kier alpha value is -1.96. The van der Waals surface area contributed by atoms with E-state index < -0.39 is 10.0 Å². The number of benzene rings is 1. The molecule has 1 aromatic carbocycles. The lowest BCUT2D eigenvalue weighted by molar-refractivity contribution is 0.115. The first-order valence-electron chi connectivity index (χ1n) is 9.49. The molecule has 2 aromatic rings. The highest BCUT2D eigenvalue weighted by atomic mass is 32.2. The molecule has 0 spiro atoms. The maximum atomic E-state index is 13.2. The number of likely N-dealkylation sites (tertiary alicyclic amines) is 1. The van der Waals surface area contributed by atoms with Crippen molar-refractivity contribution in [3.63, 3.8) is 0 Å². The Bertz CT molecular complexity index is 888. The second kappa shape index (κ2) is 7.58. The minimum Gasteiger partial charge on any atom is -0.487 e. The van der Waals surface area contributed by atoms with Gasteiger partial charge in [-0.15, -0.1) is 0 Å².